The summed E-state index contributed by atoms with van der Waals surface area (Å²) in [4.78, 5) is 4.38. The molecule has 1 atom stereocenters. The summed E-state index contributed by atoms with van der Waals surface area (Å²) in [5, 5.41) is 3.99. The van der Waals surface area contributed by atoms with E-state index in [0.29, 0.717) is 18.1 Å². The van der Waals surface area contributed by atoms with Gasteiger partial charge in [0.1, 0.15) is 5.75 Å². The topological polar surface area (TPSA) is 74.2 Å². The van der Waals surface area contributed by atoms with E-state index in [0.717, 1.165) is 11.3 Å². The zero-order valence-electron chi connectivity index (χ0n) is 12.4. The van der Waals surface area contributed by atoms with Crippen molar-refractivity contribution in [1.82, 2.24) is 10.1 Å². The number of ether oxygens (including phenoxy) is 1. The molecule has 0 unspecified atom stereocenters. The third kappa shape index (κ3) is 3.36. The summed E-state index contributed by atoms with van der Waals surface area (Å²) < 4.78 is 10.4. The smallest absolute Gasteiger partial charge is 0.244 e. The van der Waals surface area contributed by atoms with Gasteiger partial charge in [0.25, 0.3) is 0 Å². The molecule has 0 saturated carbocycles. The fraction of sp³-hybridized carbons (Fsp3) is 0.467. The van der Waals surface area contributed by atoms with Crippen molar-refractivity contribution in [3.63, 3.8) is 0 Å². The van der Waals surface area contributed by atoms with Crippen LogP contribution in [0.3, 0.4) is 0 Å². The van der Waals surface area contributed by atoms with Gasteiger partial charge in [-0.1, -0.05) is 38.1 Å². The minimum Gasteiger partial charge on any atom is -0.497 e. The third-order valence-corrected chi connectivity index (χ3v) is 3.20. The molecule has 0 aliphatic rings. The van der Waals surface area contributed by atoms with Crippen LogP contribution >= 0.6 is 0 Å². The highest BCUT2D eigenvalue weighted by atomic mass is 16.5. The average Bonchev–Trinajstić information content (AvgIpc) is 2.86. The van der Waals surface area contributed by atoms with E-state index in [4.69, 9.17) is 15.0 Å². The monoisotopic (exact) mass is 275 g/mol. The van der Waals surface area contributed by atoms with E-state index >= 15 is 0 Å². The fourth-order valence-electron chi connectivity index (χ4n) is 1.76. The maximum atomic E-state index is 6.10. The van der Waals surface area contributed by atoms with Gasteiger partial charge in [-0.05, 0) is 23.1 Å². The van der Waals surface area contributed by atoms with Crippen LogP contribution in [-0.2, 0) is 6.42 Å². The minimum absolute atomic E-state index is 0.107. The molecule has 0 fully saturated rings. The van der Waals surface area contributed by atoms with Crippen molar-refractivity contribution in [1.29, 1.82) is 0 Å². The first-order chi connectivity index (χ1) is 9.40. The van der Waals surface area contributed by atoms with Gasteiger partial charge in [0, 0.05) is 6.42 Å². The number of aromatic nitrogens is 2. The number of nitrogens with two attached hydrogens (primary N) is 1. The van der Waals surface area contributed by atoms with Crippen LogP contribution in [0.1, 0.15) is 44.1 Å². The maximum absolute atomic E-state index is 6.10. The van der Waals surface area contributed by atoms with E-state index in [-0.39, 0.29) is 11.5 Å². The molecule has 5 heteroatoms. The third-order valence-electron chi connectivity index (χ3n) is 3.20. The molecule has 0 aliphatic heterocycles. The Morgan fingerprint density at radius 1 is 1.25 bits per heavy atom. The lowest BCUT2D eigenvalue weighted by Crippen LogP contribution is -2.26. The first-order valence-corrected chi connectivity index (χ1v) is 6.61. The molecule has 1 heterocycles. The van der Waals surface area contributed by atoms with Crippen molar-refractivity contribution in [3.8, 4) is 5.75 Å². The lowest BCUT2D eigenvalue weighted by Gasteiger charge is -2.23. The molecule has 0 saturated heterocycles. The van der Waals surface area contributed by atoms with E-state index in [2.05, 4.69) is 10.1 Å². The van der Waals surface area contributed by atoms with Gasteiger partial charge in [-0.2, -0.15) is 4.98 Å². The summed E-state index contributed by atoms with van der Waals surface area (Å²) in [6, 6.07) is 7.53. The molecule has 2 aromatic rings. The molecule has 0 bridgehead atoms. The Labute approximate surface area is 119 Å². The van der Waals surface area contributed by atoms with Crippen molar-refractivity contribution in [2.24, 2.45) is 11.1 Å². The Morgan fingerprint density at radius 2 is 1.90 bits per heavy atom. The minimum atomic E-state index is -0.264. The lowest BCUT2D eigenvalue weighted by molar-refractivity contribution is 0.252. The molecule has 5 nitrogen and oxygen atoms in total. The lowest BCUT2D eigenvalue weighted by atomic mass is 9.87. The Balaban J connectivity index is 2.09. The van der Waals surface area contributed by atoms with Gasteiger partial charge in [0.2, 0.25) is 5.89 Å². The number of hydrogen-bond donors (Lipinski definition) is 1. The van der Waals surface area contributed by atoms with Gasteiger partial charge in [0.15, 0.2) is 5.82 Å². The fourth-order valence-corrected chi connectivity index (χ4v) is 1.76. The van der Waals surface area contributed by atoms with Gasteiger partial charge >= 0.3 is 0 Å². The molecule has 1 aromatic carbocycles. The predicted octanol–water partition coefficient (Wildman–Crippen LogP) is 2.71. The zero-order valence-corrected chi connectivity index (χ0v) is 12.4. The summed E-state index contributed by atoms with van der Waals surface area (Å²) in [5.74, 6) is 1.96. The van der Waals surface area contributed by atoms with E-state index in [1.54, 1.807) is 7.11 Å². The number of rotatable bonds is 4. The van der Waals surface area contributed by atoms with Crippen molar-refractivity contribution in [3.05, 3.63) is 41.5 Å². The molecular weight excluding hydrogens is 254 g/mol. The summed E-state index contributed by atoms with van der Waals surface area (Å²) in [6.07, 6.45) is 0.615. The second-order valence-corrected chi connectivity index (χ2v) is 5.92. The molecule has 20 heavy (non-hydrogen) atoms. The number of nitrogens with zero attached hydrogens (tertiary/aromatic N) is 2. The zero-order chi connectivity index (χ0) is 14.8. The van der Waals surface area contributed by atoms with Gasteiger partial charge in [-0.25, -0.2) is 0 Å². The number of hydrogen-bond acceptors (Lipinski definition) is 5. The molecule has 0 radical (unpaired) electrons. The summed E-state index contributed by atoms with van der Waals surface area (Å²) in [7, 11) is 1.65. The number of methoxy groups -OCH3 is 1. The van der Waals surface area contributed by atoms with Gasteiger partial charge in [0.05, 0.1) is 13.2 Å². The van der Waals surface area contributed by atoms with Crippen molar-refractivity contribution in [2.75, 3.05) is 7.11 Å². The second kappa shape index (κ2) is 5.63. The van der Waals surface area contributed by atoms with Crippen LogP contribution in [-0.4, -0.2) is 17.3 Å². The van der Waals surface area contributed by atoms with Crippen LogP contribution in [0.4, 0.5) is 0 Å². The van der Waals surface area contributed by atoms with Crippen LogP contribution in [0.25, 0.3) is 0 Å². The van der Waals surface area contributed by atoms with Gasteiger partial charge in [-0.15, -0.1) is 0 Å². The standard InChI is InChI=1S/C15H21N3O2/c1-15(2,3)13(16)14-17-12(18-20-14)9-10-5-7-11(19-4)8-6-10/h5-8,13H,9,16H2,1-4H3/t13-/m1/s1. The van der Waals surface area contributed by atoms with Gasteiger partial charge in [-0.3, -0.25) is 0 Å². The Hall–Kier alpha value is -1.88. The molecule has 2 N–H and O–H groups in total. The molecular formula is C15H21N3O2. The molecule has 2 rings (SSSR count). The predicted molar refractivity (Wildman–Crippen MR) is 76.5 cm³/mol. The Bertz CT molecular complexity index is 555. The Morgan fingerprint density at radius 3 is 2.45 bits per heavy atom. The SMILES string of the molecule is COc1ccc(Cc2noc([C@@H](N)C(C)(C)C)n2)cc1. The normalized spacial score (nSPS) is 13.2. The summed E-state index contributed by atoms with van der Waals surface area (Å²) in [5.41, 5.74) is 7.10. The molecule has 0 spiro atoms. The van der Waals surface area contributed by atoms with Crippen molar-refractivity contribution >= 4 is 0 Å². The number of benzene rings is 1. The highest BCUT2D eigenvalue weighted by Crippen LogP contribution is 2.29. The quantitative estimate of drug-likeness (QED) is 0.928. The first kappa shape index (κ1) is 14.5. The largest absolute Gasteiger partial charge is 0.497 e. The highest BCUT2D eigenvalue weighted by Gasteiger charge is 2.27. The van der Waals surface area contributed by atoms with Crippen LogP contribution in [0.5, 0.6) is 5.75 Å². The van der Waals surface area contributed by atoms with Crippen LogP contribution in [0, 0.1) is 5.41 Å². The van der Waals surface area contributed by atoms with E-state index in [1.165, 1.54) is 0 Å². The molecule has 0 aliphatic carbocycles. The molecule has 108 valence electrons. The molecule has 1 aromatic heterocycles. The van der Waals surface area contributed by atoms with Crippen molar-refractivity contribution in [2.45, 2.75) is 33.2 Å². The van der Waals surface area contributed by atoms with Crippen LogP contribution in [0.2, 0.25) is 0 Å². The molecule has 0 amide bonds. The first-order valence-electron chi connectivity index (χ1n) is 6.61. The average molecular weight is 275 g/mol. The van der Waals surface area contributed by atoms with Crippen LogP contribution < -0.4 is 10.5 Å². The maximum Gasteiger partial charge on any atom is 0.244 e. The van der Waals surface area contributed by atoms with Gasteiger partial charge < -0.3 is 15.0 Å². The van der Waals surface area contributed by atoms with Crippen molar-refractivity contribution < 1.29 is 9.26 Å². The van der Waals surface area contributed by atoms with E-state index in [9.17, 15) is 0 Å². The van der Waals surface area contributed by atoms with Crippen LogP contribution in [0.15, 0.2) is 28.8 Å². The van der Waals surface area contributed by atoms with E-state index in [1.807, 2.05) is 45.0 Å². The summed E-state index contributed by atoms with van der Waals surface area (Å²) >= 11 is 0. The highest BCUT2D eigenvalue weighted by molar-refractivity contribution is 5.28. The second-order valence-electron chi connectivity index (χ2n) is 5.92. The summed E-state index contributed by atoms with van der Waals surface area (Å²) in [6.45, 7) is 6.14. The van der Waals surface area contributed by atoms with E-state index < -0.39 is 0 Å². The Kier molecular flexibility index (Phi) is 4.09.